The van der Waals surface area contributed by atoms with Crippen LogP contribution in [0.4, 0.5) is 17.2 Å². The molecule has 0 radical (unpaired) electrons. The summed E-state index contributed by atoms with van der Waals surface area (Å²) in [7, 11) is 0. The summed E-state index contributed by atoms with van der Waals surface area (Å²) in [4.78, 5) is 19.2. The van der Waals surface area contributed by atoms with E-state index in [1.807, 2.05) is 24.3 Å². The predicted octanol–water partition coefficient (Wildman–Crippen LogP) is 2.28. The standard InChI is InChI=1S/C18H21N5O.ClH/c19-15-3-1-2-4-16(15)22-18(24)12-5-8-17(21-9-12)23-11-13-6-7-14(23)10-20-13;/h1-5,8-9,13-14,20H,6-7,10-11,19H2,(H,22,24);1H. The number of nitrogen functional groups attached to an aromatic ring is 1. The van der Waals surface area contributed by atoms with Crippen LogP contribution in [-0.4, -0.2) is 36.1 Å². The third-order valence-corrected chi connectivity index (χ3v) is 4.86. The van der Waals surface area contributed by atoms with Crippen LogP contribution >= 0.6 is 12.4 Å². The van der Waals surface area contributed by atoms with Gasteiger partial charge in [0.1, 0.15) is 5.82 Å². The van der Waals surface area contributed by atoms with Crippen molar-refractivity contribution in [2.45, 2.75) is 24.9 Å². The first-order valence-corrected chi connectivity index (χ1v) is 8.32. The van der Waals surface area contributed by atoms with Crippen molar-refractivity contribution in [1.82, 2.24) is 10.3 Å². The molecule has 5 rings (SSSR count). The summed E-state index contributed by atoms with van der Waals surface area (Å²) in [6, 6.07) is 12.0. The van der Waals surface area contributed by atoms with Crippen molar-refractivity contribution >= 4 is 35.5 Å². The molecule has 1 aromatic carbocycles. The van der Waals surface area contributed by atoms with Gasteiger partial charge in [0.05, 0.1) is 16.9 Å². The van der Waals surface area contributed by atoms with Gasteiger partial charge in [-0.15, -0.1) is 12.4 Å². The molecule has 25 heavy (non-hydrogen) atoms. The Hall–Kier alpha value is -2.31. The van der Waals surface area contributed by atoms with Gasteiger partial charge < -0.3 is 21.3 Å². The van der Waals surface area contributed by atoms with Gasteiger partial charge in [-0.05, 0) is 37.1 Å². The Morgan fingerprint density at radius 1 is 1.24 bits per heavy atom. The summed E-state index contributed by atoms with van der Waals surface area (Å²) in [5, 5.41) is 6.36. The number of carbonyl (C=O) groups excluding carboxylic acids is 1. The number of rotatable bonds is 3. The van der Waals surface area contributed by atoms with Crippen LogP contribution < -0.4 is 21.3 Å². The average Bonchev–Trinajstić information content (AvgIpc) is 2.64. The maximum atomic E-state index is 12.4. The van der Waals surface area contributed by atoms with E-state index in [0.29, 0.717) is 29.0 Å². The van der Waals surface area contributed by atoms with Gasteiger partial charge in [-0.2, -0.15) is 0 Å². The summed E-state index contributed by atoms with van der Waals surface area (Å²) in [6.07, 6.45) is 4.08. The molecule has 3 aliphatic rings. The topological polar surface area (TPSA) is 83.3 Å². The second-order valence-electron chi connectivity index (χ2n) is 6.44. The first-order chi connectivity index (χ1) is 11.7. The van der Waals surface area contributed by atoms with Crippen LogP contribution in [0, 0.1) is 0 Å². The highest BCUT2D eigenvalue weighted by Gasteiger charge is 2.33. The van der Waals surface area contributed by atoms with E-state index in [9.17, 15) is 4.79 Å². The van der Waals surface area contributed by atoms with Crippen molar-refractivity contribution in [3.8, 4) is 0 Å². The third-order valence-electron chi connectivity index (χ3n) is 4.86. The highest BCUT2D eigenvalue weighted by molar-refractivity contribution is 6.05. The Morgan fingerprint density at radius 3 is 2.68 bits per heavy atom. The van der Waals surface area contributed by atoms with E-state index < -0.39 is 0 Å². The molecule has 2 atom stereocenters. The number of nitrogens with two attached hydrogens (primary N) is 1. The minimum atomic E-state index is -0.200. The minimum absolute atomic E-state index is 0. The number of nitrogens with one attached hydrogen (secondary N) is 2. The molecule has 132 valence electrons. The first kappa shape index (κ1) is 17.5. The molecular weight excluding hydrogens is 338 g/mol. The van der Waals surface area contributed by atoms with Gasteiger partial charge in [0.15, 0.2) is 0 Å². The zero-order valence-corrected chi connectivity index (χ0v) is 14.6. The fourth-order valence-electron chi connectivity index (χ4n) is 3.48. The molecule has 0 aliphatic carbocycles. The second kappa shape index (κ2) is 7.29. The van der Waals surface area contributed by atoms with Gasteiger partial charge in [-0.3, -0.25) is 4.79 Å². The molecule has 3 aliphatic heterocycles. The zero-order valence-electron chi connectivity index (χ0n) is 13.8. The van der Waals surface area contributed by atoms with Crippen LogP contribution in [0.1, 0.15) is 23.2 Å². The van der Waals surface area contributed by atoms with Gasteiger partial charge >= 0.3 is 0 Å². The van der Waals surface area contributed by atoms with Gasteiger partial charge in [-0.25, -0.2) is 4.98 Å². The number of amides is 1. The van der Waals surface area contributed by atoms with Gasteiger partial charge in [0.2, 0.25) is 0 Å². The van der Waals surface area contributed by atoms with Crippen molar-refractivity contribution < 1.29 is 4.79 Å². The Bertz CT molecular complexity index is 743. The number of hydrogen-bond donors (Lipinski definition) is 3. The number of pyridine rings is 1. The van der Waals surface area contributed by atoms with Crippen molar-refractivity contribution in [3.05, 3.63) is 48.2 Å². The highest BCUT2D eigenvalue weighted by atomic mass is 35.5. The monoisotopic (exact) mass is 359 g/mol. The number of para-hydroxylation sites is 2. The highest BCUT2D eigenvalue weighted by Crippen LogP contribution is 2.27. The Morgan fingerprint density at radius 2 is 2.08 bits per heavy atom. The molecule has 2 unspecified atom stereocenters. The number of halogens is 1. The Kier molecular flexibility index (Phi) is 5.11. The predicted molar refractivity (Wildman–Crippen MR) is 102 cm³/mol. The lowest BCUT2D eigenvalue weighted by Gasteiger charge is -2.46. The Balaban J connectivity index is 0.00000182. The van der Waals surface area contributed by atoms with Crippen LogP contribution in [-0.2, 0) is 0 Å². The van der Waals surface area contributed by atoms with E-state index in [-0.39, 0.29) is 18.3 Å². The molecule has 0 saturated carbocycles. The number of piperazine rings is 1. The SMILES string of the molecule is Cl.Nc1ccccc1NC(=O)c1ccc(N2CC3CCC2CN3)nc1. The van der Waals surface area contributed by atoms with Crippen LogP contribution in [0.3, 0.4) is 0 Å². The summed E-state index contributed by atoms with van der Waals surface area (Å²) in [5.41, 5.74) is 7.56. The van der Waals surface area contributed by atoms with E-state index in [4.69, 9.17) is 5.73 Å². The molecular formula is C18H22ClN5O. The van der Waals surface area contributed by atoms with E-state index in [2.05, 4.69) is 20.5 Å². The lowest BCUT2D eigenvalue weighted by Crippen LogP contribution is -2.61. The largest absolute Gasteiger partial charge is 0.397 e. The number of anilines is 3. The van der Waals surface area contributed by atoms with E-state index in [1.165, 1.54) is 12.8 Å². The number of aromatic nitrogens is 1. The zero-order chi connectivity index (χ0) is 16.5. The van der Waals surface area contributed by atoms with E-state index in [1.54, 1.807) is 18.3 Å². The molecule has 4 heterocycles. The maximum Gasteiger partial charge on any atom is 0.257 e. The summed E-state index contributed by atoms with van der Waals surface area (Å²) < 4.78 is 0. The quantitative estimate of drug-likeness (QED) is 0.732. The minimum Gasteiger partial charge on any atom is -0.397 e. The maximum absolute atomic E-state index is 12.4. The fourth-order valence-corrected chi connectivity index (χ4v) is 3.48. The van der Waals surface area contributed by atoms with Crippen molar-refractivity contribution in [2.24, 2.45) is 0 Å². The molecule has 2 bridgehead atoms. The van der Waals surface area contributed by atoms with Crippen LogP contribution in [0.25, 0.3) is 0 Å². The van der Waals surface area contributed by atoms with Crippen molar-refractivity contribution in [3.63, 3.8) is 0 Å². The third kappa shape index (κ3) is 3.55. The molecule has 0 spiro atoms. The number of fused-ring (bicyclic) bond motifs is 3. The molecule has 3 saturated heterocycles. The van der Waals surface area contributed by atoms with Gasteiger partial charge in [0.25, 0.3) is 5.91 Å². The first-order valence-electron chi connectivity index (χ1n) is 8.32. The molecule has 1 aromatic heterocycles. The molecule has 3 fully saturated rings. The van der Waals surface area contributed by atoms with Crippen molar-refractivity contribution in [2.75, 3.05) is 29.0 Å². The second-order valence-corrected chi connectivity index (χ2v) is 6.44. The van der Waals surface area contributed by atoms with Gasteiger partial charge in [0, 0.05) is 31.4 Å². The Labute approximate surface area is 153 Å². The average molecular weight is 360 g/mol. The molecule has 4 N–H and O–H groups in total. The van der Waals surface area contributed by atoms with E-state index in [0.717, 1.165) is 18.9 Å². The summed E-state index contributed by atoms with van der Waals surface area (Å²) >= 11 is 0. The number of carbonyl (C=O) groups is 1. The smallest absolute Gasteiger partial charge is 0.257 e. The number of piperidine rings is 2. The fraction of sp³-hybridized carbons (Fsp3) is 0.333. The van der Waals surface area contributed by atoms with Crippen LogP contribution in [0.15, 0.2) is 42.6 Å². The van der Waals surface area contributed by atoms with Crippen molar-refractivity contribution in [1.29, 1.82) is 0 Å². The van der Waals surface area contributed by atoms with Crippen LogP contribution in [0.2, 0.25) is 0 Å². The lowest BCUT2D eigenvalue weighted by atomic mass is 9.93. The molecule has 6 nitrogen and oxygen atoms in total. The molecule has 1 amide bonds. The molecule has 2 aromatic rings. The lowest BCUT2D eigenvalue weighted by molar-refractivity contribution is 0.102. The number of hydrogen-bond acceptors (Lipinski definition) is 5. The number of nitrogens with zero attached hydrogens (tertiary/aromatic N) is 2. The summed E-state index contributed by atoms with van der Waals surface area (Å²) in [6.45, 7) is 2.01. The summed E-state index contributed by atoms with van der Waals surface area (Å²) in [5.74, 6) is 0.746. The number of benzene rings is 1. The van der Waals surface area contributed by atoms with Crippen LogP contribution in [0.5, 0.6) is 0 Å². The molecule has 7 heteroatoms. The van der Waals surface area contributed by atoms with Gasteiger partial charge in [-0.1, -0.05) is 12.1 Å². The normalized spacial score (nSPS) is 21.5. The van der Waals surface area contributed by atoms with E-state index >= 15 is 0 Å².